The first-order valence-electron chi connectivity index (χ1n) is 5.45. The largest absolute Gasteiger partial charge is 0.381 e. The van der Waals surface area contributed by atoms with Crippen molar-refractivity contribution in [3.63, 3.8) is 0 Å². The minimum Gasteiger partial charge on any atom is -0.381 e. The van der Waals surface area contributed by atoms with E-state index >= 15 is 0 Å². The highest BCUT2D eigenvalue weighted by Gasteiger charge is 2.27. The lowest BCUT2D eigenvalue weighted by molar-refractivity contribution is -0.130. The monoisotopic (exact) mass is 199 g/mol. The smallest absolute Gasteiger partial charge is 0.225 e. The molecule has 0 aliphatic carbocycles. The zero-order chi connectivity index (χ0) is 10.6. The van der Waals surface area contributed by atoms with E-state index in [1.165, 1.54) is 0 Å². The highest BCUT2D eigenvalue weighted by molar-refractivity contribution is 5.81. The van der Waals surface area contributed by atoms with Crippen molar-refractivity contribution in [3.05, 3.63) is 0 Å². The average molecular weight is 199 g/mol. The third kappa shape index (κ3) is 2.98. The molecule has 0 aromatic rings. The van der Waals surface area contributed by atoms with Gasteiger partial charge in [0.25, 0.3) is 0 Å². The van der Waals surface area contributed by atoms with Crippen molar-refractivity contribution >= 4 is 5.91 Å². The van der Waals surface area contributed by atoms with Gasteiger partial charge in [-0.15, -0.1) is 0 Å². The summed E-state index contributed by atoms with van der Waals surface area (Å²) in [7, 11) is 0. The molecule has 1 saturated heterocycles. The highest BCUT2D eigenvalue weighted by atomic mass is 16.5. The lowest BCUT2D eigenvalue weighted by Gasteiger charge is -2.28. The second-order valence-corrected chi connectivity index (χ2v) is 4.60. The summed E-state index contributed by atoms with van der Waals surface area (Å²) >= 11 is 0. The van der Waals surface area contributed by atoms with Crippen LogP contribution in [0.1, 0.15) is 40.0 Å². The summed E-state index contributed by atoms with van der Waals surface area (Å²) in [5.41, 5.74) is -0.238. The Morgan fingerprint density at radius 2 is 2.00 bits per heavy atom. The Labute approximate surface area is 86.2 Å². The Morgan fingerprint density at radius 1 is 1.43 bits per heavy atom. The van der Waals surface area contributed by atoms with Crippen molar-refractivity contribution in [2.24, 2.45) is 5.41 Å². The zero-order valence-corrected chi connectivity index (χ0v) is 9.43. The maximum Gasteiger partial charge on any atom is 0.225 e. The zero-order valence-electron chi connectivity index (χ0n) is 9.43. The molecule has 3 heteroatoms. The Balaban J connectivity index is 2.39. The SMILES string of the molecule is CCC(C)(C)C(=O)NC1CCOCC1. The molecule has 0 radical (unpaired) electrons. The Kier molecular flexibility index (Phi) is 3.93. The summed E-state index contributed by atoms with van der Waals surface area (Å²) in [6.45, 7) is 7.57. The maximum atomic E-state index is 11.8. The highest BCUT2D eigenvalue weighted by Crippen LogP contribution is 2.20. The molecule has 0 atom stereocenters. The van der Waals surface area contributed by atoms with Gasteiger partial charge in [0.1, 0.15) is 0 Å². The van der Waals surface area contributed by atoms with Crippen LogP contribution >= 0.6 is 0 Å². The number of hydrogen-bond acceptors (Lipinski definition) is 2. The van der Waals surface area contributed by atoms with E-state index in [2.05, 4.69) is 5.32 Å². The van der Waals surface area contributed by atoms with E-state index in [0.29, 0.717) is 6.04 Å². The van der Waals surface area contributed by atoms with Crippen LogP contribution in [-0.2, 0) is 9.53 Å². The third-order valence-electron chi connectivity index (χ3n) is 3.06. The van der Waals surface area contributed by atoms with E-state index in [-0.39, 0.29) is 11.3 Å². The fraction of sp³-hybridized carbons (Fsp3) is 0.909. The topological polar surface area (TPSA) is 38.3 Å². The molecule has 1 heterocycles. The number of amides is 1. The minimum absolute atomic E-state index is 0.173. The van der Waals surface area contributed by atoms with Gasteiger partial charge in [-0.1, -0.05) is 20.8 Å². The maximum absolute atomic E-state index is 11.8. The molecule has 0 unspecified atom stereocenters. The molecule has 3 nitrogen and oxygen atoms in total. The number of hydrogen-bond donors (Lipinski definition) is 1. The summed E-state index contributed by atoms with van der Waals surface area (Å²) in [6.07, 6.45) is 2.78. The Morgan fingerprint density at radius 3 is 2.50 bits per heavy atom. The van der Waals surface area contributed by atoms with Crippen LogP contribution in [0.4, 0.5) is 0 Å². The van der Waals surface area contributed by atoms with E-state index < -0.39 is 0 Å². The number of carbonyl (C=O) groups excluding carboxylic acids is 1. The predicted octanol–water partition coefficient (Wildman–Crippen LogP) is 1.72. The number of rotatable bonds is 3. The first kappa shape index (κ1) is 11.5. The third-order valence-corrected chi connectivity index (χ3v) is 3.06. The first-order valence-corrected chi connectivity index (χ1v) is 5.45. The van der Waals surface area contributed by atoms with E-state index in [0.717, 1.165) is 32.5 Å². The van der Waals surface area contributed by atoms with Crippen LogP contribution in [0, 0.1) is 5.41 Å². The molecule has 0 aromatic carbocycles. The summed E-state index contributed by atoms with van der Waals surface area (Å²) < 4.78 is 5.24. The molecule has 0 aromatic heterocycles. The van der Waals surface area contributed by atoms with Gasteiger partial charge in [-0.25, -0.2) is 0 Å². The van der Waals surface area contributed by atoms with Gasteiger partial charge >= 0.3 is 0 Å². The summed E-state index contributed by atoms with van der Waals surface area (Å²) in [5, 5.41) is 3.09. The Bertz CT molecular complexity index is 195. The summed E-state index contributed by atoms with van der Waals surface area (Å²) in [6, 6.07) is 0.321. The Hall–Kier alpha value is -0.570. The molecule has 0 spiro atoms. The van der Waals surface area contributed by atoms with E-state index in [1.807, 2.05) is 20.8 Å². The van der Waals surface area contributed by atoms with Crippen LogP contribution in [0.15, 0.2) is 0 Å². The van der Waals surface area contributed by atoms with Crippen molar-refractivity contribution in [1.82, 2.24) is 5.32 Å². The van der Waals surface area contributed by atoms with Crippen LogP contribution < -0.4 is 5.32 Å². The van der Waals surface area contributed by atoms with Gasteiger partial charge in [0.05, 0.1) is 0 Å². The summed E-state index contributed by atoms with van der Waals surface area (Å²) in [4.78, 5) is 11.8. The van der Waals surface area contributed by atoms with Crippen molar-refractivity contribution in [2.75, 3.05) is 13.2 Å². The molecule has 1 rings (SSSR count). The molecular weight excluding hydrogens is 178 g/mol. The van der Waals surface area contributed by atoms with Crippen molar-refractivity contribution in [2.45, 2.75) is 46.1 Å². The van der Waals surface area contributed by atoms with Crippen LogP contribution in [0.25, 0.3) is 0 Å². The van der Waals surface area contributed by atoms with Crippen LogP contribution in [-0.4, -0.2) is 25.2 Å². The molecule has 1 aliphatic rings. The van der Waals surface area contributed by atoms with Gasteiger partial charge in [0.15, 0.2) is 0 Å². The van der Waals surface area contributed by atoms with E-state index in [1.54, 1.807) is 0 Å². The fourth-order valence-electron chi connectivity index (χ4n) is 1.38. The number of carbonyl (C=O) groups is 1. The molecule has 1 fully saturated rings. The van der Waals surface area contributed by atoms with E-state index in [4.69, 9.17) is 4.74 Å². The molecule has 14 heavy (non-hydrogen) atoms. The molecule has 82 valence electrons. The quantitative estimate of drug-likeness (QED) is 0.751. The molecule has 0 saturated carbocycles. The molecular formula is C11H21NO2. The lowest BCUT2D eigenvalue weighted by atomic mass is 9.88. The van der Waals surface area contributed by atoms with Gasteiger partial charge in [-0.3, -0.25) is 4.79 Å². The van der Waals surface area contributed by atoms with Crippen LogP contribution in [0.2, 0.25) is 0 Å². The fourth-order valence-corrected chi connectivity index (χ4v) is 1.38. The van der Waals surface area contributed by atoms with Gasteiger partial charge in [-0.2, -0.15) is 0 Å². The van der Waals surface area contributed by atoms with Crippen LogP contribution in [0.5, 0.6) is 0 Å². The summed E-state index contributed by atoms with van der Waals surface area (Å²) in [5.74, 6) is 0.173. The molecule has 1 aliphatic heterocycles. The van der Waals surface area contributed by atoms with Crippen LogP contribution in [0.3, 0.4) is 0 Å². The number of ether oxygens (including phenoxy) is 1. The molecule has 0 bridgehead atoms. The standard InChI is InChI=1S/C11H21NO2/c1-4-11(2,3)10(13)12-9-5-7-14-8-6-9/h9H,4-8H2,1-3H3,(H,12,13). The first-order chi connectivity index (χ1) is 6.56. The predicted molar refractivity (Wildman–Crippen MR) is 56.1 cm³/mol. The van der Waals surface area contributed by atoms with E-state index in [9.17, 15) is 4.79 Å². The van der Waals surface area contributed by atoms with Gasteiger partial charge < -0.3 is 10.1 Å². The molecule has 1 amide bonds. The normalized spacial score (nSPS) is 19.4. The van der Waals surface area contributed by atoms with Crippen molar-refractivity contribution < 1.29 is 9.53 Å². The molecule has 1 N–H and O–H groups in total. The number of nitrogens with one attached hydrogen (secondary N) is 1. The van der Waals surface area contributed by atoms with Gasteiger partial charge in [0.2, 0.25) is 5.91 Å². The van der Waals surface area contributed by atoms with Crippen molar-refractivity contribution in [3.8, 4) is 0 Å². The van der Waals surface area contributed by atoms with Crippen molar-refractivity contribution in [1.29, 1.82) is 0 Å². The second-order valence-electron chi connectivity index (χ2n) is 4.60. The minimum atomic E-state index is -0.238. The van der Waals surface area contributed by atoms with Gasteiger partial charge in [0, 0.05) is 24.7 Å². The average Bonchev–Trinajstić information content (AvgIpc) is 2.19. The van der Waals surface area contributed by atoms with Gasteiger partial charge in [-0.05, 0) is 19.3 Å². The lowest BCUT2D eigenvalue weighted by Crippen LogP contribution is -2.44. The second kappa shape index (κ2) is 4.78.